The minimum Gasteiger partial charge on any atom is -0.448 e. The van der Waals surface area contributed by atoms with Crippen LogP contribution in [0.4, 0.5) is 8.78 Å². The van der Waals surface area contributed by atoms with Gasteiger partial charge in [-0.05, 0) is 48.0 Å². The van der Waals surface area contributed by atoms with E-state index in [0.717, 1.165) is 0 Å². The molecule has 0 fully saturated rings. The van der Waals surface area contributed by atoms with Crippen LogP contribution in [0.1, 0.15) is 22.9 Å². The largest absolute Gasteiger partial charge is 0.448 e. The van der Waals surface area contributed by atoms with Crippen molar-refractivity contribution in [3.63, 3.8) is 0 Å². The highest BCUT2D eigenvalue weighted by atomic mass is 19.1. The van der Waals surface area contributed by atoms with Gasteiger partial charge in [-0.25, -0.2) is 13.6 Å². The number of hydrogen-bond acceptors (Lipinski definition) is 3. The minimum atomic E-state index is -0.836. The molecule has 0 saturated heterocycles. The van der Waals surface area contributed by atoms with Crippen molar-refractivity contribution in [2.75, 3.05) is 0 Å². The topological polar surface area (TPSA) is 39.2 Å². The number of rotatable bonds is 5. The Morgan fingerprint density at radius 3 is 2.46 bits per heavy atom. The highest BCUT2D eigenvalue weighted by molar-refractivity contribution is 5.87. The molecule has 3 aromatic rings. The first-order valence-electron chi connectivity index (χ1n) is 7.92. The first-order chi connectivity index (χ1) is 12.6. The number of carbonyl (C=O) groups is 1. The first kappa shape index (κ1) is 17.5. The lowest BCUT2D eigenvalue weighted by Gasteiger charge is -2.17. The first-order valence-corrected chi connectivity index (χ1v) is 7.92. The van der Waals surface area contributed by atoms with Crippen LogP contribution in [0.15, 0.2) is 79.0 Å². The number of pyridine rings is 1. The van der Waals surface area contributed by atoms with Crippen molar-refractivity contribution in [3.8, 4) is 0 Å². The van der Waals surface area contributed by atoms with E-state index in [1.165, 1.54) is 36.4 Å². The van der Waals surface area contributed by atoms with Gasteiger partial charge in [-0.1, -0.05) is 30.3 Å². The lowest BCUT2D eigenvalue weighted by atomic mass is 10.1. The van der Waals surface area contributed by atoms with Gasteiger partial charge in [0.15, 0.2) is 6.10 Å². The van der Waals surface area contributed by atoms with Crippen molar-refractivity contribution in [2.45, 2.75) is 6.10 Å². The monoisotopic (exact) mass is 351 g/mol. The normalized spacial score (nSPS) is 12.1. The number of esters is 1. The number of ether oxygens (including phenoxy) is 1. The molecule has 3 rings (SSSR count). The molecule has 0 aliphatic heterocycles. The van der Waals surface area contributed by atoms with Gasteiger partial charge in [-0.15, -0.1) is 0 Å². The summed E-state index contributed by atoms with van der Waals surface area (Å²) < 4.78 is 32.0. The summed E-state index contributed by atoms with van der Waals surface area (Å²) in [6.07, 6.45) is 3.49. The molecule has 26 heavy (non-hydrogen) atoms. The van der Waals surface area contributed by atoms with Gasteiger partial charge in [0.1, 0.15) is 11.6 Å². The average molecular weight is 351 g/mol. The number of hydrogen-bond donors (Lipinski definition) is 0. The number of nitrogens with zero attached hydrogens (tertiary/aromatic N) is 1. The van der Waals surface area contributed by atoms with Crippen molar-refractivity contribution >= 4 is 12.0 Å². The zero-order valence-electron chi connectivity index (χ0n) is 13.7. The Hall–Kier alpha value is -3.34. The van der Waals surface area contributed by atoms with Crippen molar-refractivity contribution in [2.24, 2.45) is 0 Å². The molecule has 0 bridgehead atoms. The highest BCUT2D eigenvalue weighted by Crippen LogP contribution is 2.25. The van der Waals surface area contributed by atoms with E-state index in [0.29, 0.717) is 16.8 Å². The Labute approximate surface area is 149 Å². The van der Waals surface area contributed by atoms with E-state index in [9.17, 15) is 13.6 Å². The van der Waals surface area contributed by atoms with E-state index in [2.05, 4.69) is 4.98 Å². The maximum absolute atomic E-state index is 13.6. The Morgan fingerprint density at radius 1 is 0.962 bits per heavy atom. The molecule has 0 N–H and O–H groups in total. The van der Waals surface area contributed by atoms with E-state index in [4.69, 9.17) is 4.74 Å². The fourth-order valence-electron chi connectivity index (χ4n) is 2.39. The van der Waals surface area contributed by atoms with Gasteiger partial charge in [0.2, 0.25) is 0 Å². The number of aromatic nitrogens is 1. The van der Waals surface area contributed by atoms with Crippen molar-refractivity contribution < 1.29 is 18.3 Å². The highest BCUT2D eigenvalue weighted by Gasteiger charge is 2.19. The lowest BCUT2D eigenvalue weighted by Crippen LogP contribution is -2.12. The van der Waals surface area contributed by atoms with Crippen molar-refractivity contribution in [1.82, 2.24) is 4.98 Å². The van der Waals surface area contributed by atoms with E-state index in [1.807, 2.05) is 0 Å². The zero-order valence-corrected chi connectivity index (χ0v) is 13.7. The molecule has 1 aromatic heterocycles. The Morgan fingerprint density at radius 2 is 1.77 bits per heavy atom. The van der Waals surface area contributed by atoms with Gasteiger partial charge in [0.05, 0.1) is 5.69 Å². The molecule has 0 radical (unpaired) electrons. The van der Waals surface area contributed by atoms with Crippen LogP contribution < -0.4 is 0 Å². The van der Waals surface area contributed by atoms with Crippen molar-refractivity contribution in [3.05, 3.63) is 107 Å². The smallest absolute Gasteiger partial charge is 0.331 e. The van der Waals surface area contributed by atoms with Gasteiger partial charge >= 0.3 is 5.97 Å². The van der Waals surface area contributed by atoms with Gasteiger partial charge in [-0.2, -0.15) is 0 Å². The van der Waals surface area contributed by atoms with Crippen LogP contribution in [-0.2, 0) is 9.53 Å². The summed E-state index contributed by atoms with van der Waals surface area (Å²) in [6.45, 7) is 0. The Kier molecular flexibility index (Phi) is 5.49. The fraction of sp³-hybridized carbons (Fsp3) is 0.0476. The summed E-state index contributed by atoms with van der Waals surface area (Å²) in [5, 5.41) is 0. The zero-order chi connectivity index (χ0) is 18.4. The van der Waals surface area contributed by atoms with Crippen LogP contribution in [0.5, 0.6) is 0 Å². The summed E-state index contributed by atoms with van der Waals surface area (Å²) in [4.78, 5) is 16.4. The second-order valence-corrected chi connectivity index (χ2v) is 5.51. The third-order valence-corrected chi connectivity index (χ3v) is 3.62. The minimum absolute atomic E-state index is 0.356. The van der Waals surface area contributed by atoms with E-state index >= 15 is 0 Å². The molecule has 130 valence electrons. The summed E-state index contributed by atoms with van der Waals surface area (Å²) >= 11 is 0. The standard InChI is InChI=1S/C21H15F2NO2/c22-17-10-7-15(8-11-17)9-12-20(25)26-21(19-6-1-2-13-24-19)16-4-3-5-18(23)14-16/h1-14,21H/b12-9+. The molecular weight excluding hydrogens is 336 g/mol. The fourth-order valence-corrected chi connectivity index (χ4v) is 2.39. The number of benzene rings is 2. The quantitative estimate of drug-likeness (QED) is 0.494. The van der Waals surface area contributed by atoms with Crippen LogP contribution in [0.25, 0.3) is 6.08 Å². The van der Waals surface area contributed by atoms with Crippen molar-refractivity contribution in [1.29, 1.82) is 0 Å². The summed E-state index contributed by atoms with van der Waals surface area (Å²) in [7, 11) is 0. The van der Waals surface area contributed by atoms with Crippen LogP contribution in [0.3, 0.4) is 0 Å². The molecule has 5 heteroatoms. The second-order valence-electron chi connectivity index (χ2n) is 5.51. The molecule has 3 nitrogen and oxygen atoms in total. The number of carbonyl (C=O) groups excluding carboxylic acids is 1. The molecule has 1 atom stereocenters. The number of halogens is 2. The Balaban J connectivity index is 1.81. The summed E-state index contributed by atoms with van der Waals surface area (Å²) in [6, 6.07) is 16.7. The van der Waals surface area contributed by atoms with Gasteiger partial charge in [0.25, 0.3) is 0 Å². The lowest BCUT2D eigenvalue weighted by molar-refractivity contribution is -0.141. The van der Waals surface area contributed by atoms with Crippen LogP contribution in [0.2, 0.25) is 0 Å². The van der Waals surface area contributed by atoms with Gasteiger partial charge in [-0.3, -0.25) is 4.98 Å². The molecule has 0 aliphatic carbocycles. The molecule has 2 aromatic carbocycles. The summed E-state index contributed by atoms with van der Waals surface area (Å²) in [5.74, 6) is -1.40. The Bertz CT molecular complexity index is 909. The predicted molar refractivity (Wildman–Crippen MR) is 94.0 cm³/mol. The molecule has 0 spiro atoms. The SMILES string of the molecule is O=C(/C=C/c1ccc(F)cc1)OC(c1cccc(F)c1)c1ccccn1. The predicted octanol–water partition coefficient (Wildman–Crippen LogP) is 4.71. The van der Waals surface area contributed by atoms with Crippen LogP contribution in [0, 0.1) is 11.6 Å². The maximum atomic E-state index is 13.6. The molecule has 1 heterocycles. The average Bonchev–Trinajstić information content (AvgIpc) is 2.66. The molecule has 1 unspecified atom stereocenters. The second kappa shape index (κ2) is 8.16. The van der Waals surface area contributed by atoms with E-state index < -0.39 is 17.9 Å². The van der Waals surface area contributed by atoms with E-state index in [1.54, 1.807) is 48.7 Å². The summed E-state index contributed by atoms with van der Waals surface area (Å²) in [5.41, 5.74) is 1.62. The maximum Gasteiger partial charge on any atom is 0.331 e. The third kappa shape index (κ3) is 4.60. The molecule has 0 amide bonds. The molecular formula is C21H15F2NO2. The van der Waals surface area contributed by atoms with E-state index in [-0.39, 0.29) is 5.82 Å². The third-order valence-electron chi connectivity index (χ3n) is 3.62. The van der Waals surface area contributed by atoms with Gasteiger partial charge < -0.3 is 4.74 Å². The van der Waals surface area contributed by atoms with Gasteiger partial charge in [0, 0.05) is 17.8 Å². The van der Waals surface area contributed by atoms with Crippen LogP contribution in [-0.4, -0.2) is 11.0 Å². The molecule has 0 aliphatic rings. The molecule has 0 saturated carbocycles. The van der Waals surface area contributed by atoms with Crippen LogP contribution >= 0.6 is 0 Å².